The Morgan fingerprint density at radius 1 is 1.29 bits per heavy atom. The van der Waals surface area contributed by atoms with Crippen LogP contribution >= 0.6 is 0 Å². The summed E-state index contributed by atoms with van der Waals surface area (Å²) in [6.45, 7) is 7.78. The molecule has 2 rings (SSSR count). The lowest BCUT2D eigenvalue weighted by Crippen LogP contribution is -2.41. The van der Waals surface area contributed by atoms with Gasteiger partial charge in [0, 0.05) is 6.20 Å². The van der Waals surface area contributed by atoms with Crippen LogP contribution in [0.5, 0.6) is 5.75 Å². The van der Waals surface area contributed by atoms with Gasteiger partial charge in [0.2, 0.25) is 0 Å². The summed E-state index contributed by atoms with van der Waals surface area (Å²) in [7, 11) is 1.03. The molecule has 21 heavy (non-hydrogen) atoms. The maximum atomic E-state index is 9.63. The number of rotatable bonds is 4. The highest BCUT2D eigenvalue weighted by Crippen LogP contribution is 2.38. The fraction of sp³-hybridized carbons (Fsp3) is 0.533. The molecular formula is C15H22BNO4. The predicted molar refractivity (Wildman–Crippen MR) is 81.9 cm³/mol. The second kappa shape index (κ2) is 5.79. The molecule has 1 aliphatic heterocycles. The quantitative estimate of drug-likeness (QED) is 0.861. The standard InChI is InChI=1S/C15H22BNO4/c1-14(2)15(3,4)21-16(20-14)12(10-18)6-11-7-13(19-5)9-17-8-11/h6-9,18H,10H2,1-5H3. The number of methoxy groups -OCH3 is 1. The topological polar surface area (TPSA) is 60.8 Å². The minimum atomic E-state index is -0.564. The van der Waals surface area contributed by atoms with Gasteiger partial charge in [-0.25, -0.2) is 0 Å². The summed E-state index contributed by atoms with van der Waals surface area (Å²) in [5, 5.41) is 9.63. The molecule has 1 saturated heterocycles. The number of hydrogen-bond donors (Lipinski definition) is 1. The van der Waals surface area contributed by atoms with E-state index in [9.17, 15) is 5.11 Å². The van der Waals surface area contributed by atoms with Gasteiger partial charge in [0.15, 0.2) is 0 Å². The van der Waals surface area contributed by atoms with E-state index in [1.54, 1.807) is 19.5 Å². The van der Waals surface area contributed by atoms with Crippen LogP contribution in [0.4, 0.5) is 0 Å². The molecule has 0 aromatic carbocycles. The molecule has 1 aromatic heterocycles. The third-order valence-corrected chi connectivity index (χ3v) is 4.06. The fourth-order valence-electron chi connectivity index (χ4n) is 2.02. The number of aliphatic hydroxyl groups is 1. The molecule has 114 valence electrons. The van der Waals surface area contributed by atoms with Crippen molar-refractivity contribution in [2.24, 2.45) is 0 Å². The zero-order valence-corrected chi connectivity index (χ0v) is 13.2. The average Bonchev–Trinajstić information content (AvgIpc) is 2.65. The predicted octanol–water partition coefficient (Wildman–Crippen LogP) is 2.10. The highest BCUT2D eigenvalue weighted by atomic mass is 16.7. The van der Waals surface area contributed by atoms with Crippen molar-refractivity contribution in [3.05, 3.63) is 29.5 Å². The summed E-state index contributed by atoms with van der Waals surface area (Å²) >= 11 is 0. The third kappa shape index (κ3) is 3.28. The molecule has 1 aromatic rings. The van der Waals surface area contributed by atoms with E-state index in [4.69, 9.17) is 14.0 Å². The molecule has 0 aliphatic carbocycles. The van der Waals surface area contributed by atoms with Gasteiger partial charge in [-0.2, -0.15) is 0 Å². The Bertz CT molecular complexity index is 526. The van der Waals surface area contributed by atoms with Gasteiger partial charge in [0.25, 0.3) is 0 Å². The molecule has 0 spiro atoms. The maximum absolute atomic E-state index is 9.63. The number of nitrogens with zero attached hydrogens (tertiary/aromatic N) is 1. The first kappa shape index (κ1) is 16.0. The lowest BCUT2D eigenvalue weighted by molar-refractivity contribution is 0.00578. The normalized spacial score (nSPS) is 20.7. The summed E-state index contributed by atoms with van der Waals surface area (Å²) in [5.41, 5.74) is 0.619. The van der Waals surface area contributed by atoms with Crippen molar-refractivity contribution in [2.45, 2.75) is 38.9 Å². The molecule has 0 unspecified atom stereocenters. The number of aromatic nitrogens is 1. The van der Waals surface area contributed by atoms with Crippen molar-refractivity contribution in [1.82, 2.24) is 4.98 Å². The van der Waals surface area contributed by atoms with E-state index in [0.29, 0.717) is 11.2 Å². The number of aliphatic hydroxyl groups excluding tert-OH is 1. The summed E-state index contributed by atoms with van der Waals surface area (Å²) in [5.74, 6) is 0.662. The minimum absolute atomic E-state index is 0.145. The van der Waals surface area contributed by atoms with Gasteiger partial charge >= 0.3 is 7.12 Å². The zero-order chi connectivity index (χ0) is 15.7. The minimum Gasteiger partial charge on any atom is -0.495 e. The van der Waals surface area contributed by atoms with Crippen LogP contribution < -0.4 is 4.74 Å². The molecule has 0 saturated carbocycles. The zero-order valence-electron chi connectivity index (χ0n) is 13.2. The molecule has 0 bridgehead atoms. The van der Waals surface area contributed by atoms with Crippen molar-refractivity contribution in [3.63, 3.8) is 0 Å². The molecule has 1 aliphatic rings. The first-order valence-electron chi connectivity index (χ1n) is 6.95. The van der Waals surface area contributed by atoms with Crippen LogP contribution in [0, 0.1) is 0 Å². The van der Waals surface area contributed by atoms with E-state index < -0.39 is 18.3 Å². The molecule has 1 N–H and O–H groups in total. The van der Waals surface area contributed by atoms with Crippen molar-refractivity contribution < 1.29 is 19.2 Å². The summed E-state index contributed by atoms with van der Waals surface area (Å²) in [6.07, 6.45) is 5.14. The van der Waals surface area contributed by atoms with Gasteiger partial charge in [0.05, 0.1) is 31.1 Å². The lowest BCUT2D eigenvalue weighted by Gasteiger charge is -2.32. The Kier molecular flexibility index (Phi) is 4.42. The van der Waals surface area contributed by atoms with Gasteiger partial charge < -0.3 is 19.2 Å². The van der Waals surface area contributed by atoms with E-state index in [2.05, 4.69) is 4.98 Å². The molecule has 1 fully saturated rings. The van der Waals surface area contributed by atoms with Crippen molar-refractivity contribution in [1.29, 1.82) is 0 Å². The van der Waals surface area contributed by atoms with Crippen LogP contribution in [0.2, 0.25) is 0 Å². The van der Waals surface area contributed by atoms with Crippen LogP contribution in [-0.2, 0) is 9.31 Å². The molecule has 0 radical (unpaired) electrons. The molecule has 0 atom stereocenters. The van der Waals surface area contributed by atoms with Crippen LogP contribution in [0.1, 0.15) is 33.3 Å². The van der Waals surface area contributed by atoms with E-state index >= 15 is 0 Å². The molecular weight excluding hydrogens is 269 g/mol. The summed E-state index contributed by atoms with van der Waals surface area (Å²) in [6, 6.07) is 1.84. The fourth-order valence-corrected chi connectivity index (χ4v) is 2.02. The van der Waals surface area contributed by atoms with Gasteiger partial charge in [0.1, 0.15) is 5.75 Å². The number of pyridine rings is 1. The van der Waals surface area contributed by atoms with Crippen molar-refractivity contribution in [2.75, 3.05) is 13.7 Å². The molecule has 6 heteroatoms. The second-order valence-corrected chi connectivity index (χ2v) is 6.12. The van der Waals surface area contributed by atoms with Crippen molar-refractivity contribution in [3.8, 4) is 5.75 Å². The largest absolute Gasteiger partial charge is 0.495 e. The van der Waals surface area contributed by atoms with E-state index in [-0.39, 0.29) is 6.61 Å². The van der Waals surface area contributed by atoms with E-state index in [0.717, 1.165) is 5.56 Å². The second-order valence-electron chi connectivity index (χ2n) is 6.12. The molecule has 2 heterocycles. The SMILES string of the molecule is COc1cncc(C=C(CO)B2OC(C)(C)C(C)(C)O2)c1. The number of hydrogen-bond acceptors (Lipinski definition) is 5. The van der Waals surface area contributed by atoms with Crippen LogP contribution in [-0.4, -0.2) is 42.1 Å². The highest BCUT2D eigenvalue weighted by molar-refractivity contribution is 6.55. The average molecular weight is 291 g/mol. The van der Waals surface area contributed by atoms with Gasteiger partial charge in [-0.15, -0.1) is 0 Å². The lowest BCUT2D eigenvalue weighted by atomic mass is 9.77. The first-order valence-corrected chi connectivity index (χ1v) is 6.95. The monoisotopic (exact) mass is 291 g/mol. The van der Waals surface area contributed by atoms with E-state index in [1.165, 1.54) is 0 Å². The maximum Gasteiger partial charge on any atom is 0.492 e. The van der Waals surface area contributed by atoms with Gasteiger partial charge in [-0.1, -0.05) is 6.08 Å². The number of ether oxygens (including phenoxy) is 1. The Balaban J connectivity index is 2.26. The van der Waals surface area contributed by atoms with Crippen LogP contribution in [0.15, 0.2) is 23.9 Å². The first-order chi connectivity index (χ1) is 9.79. The summed E-state index contributed by atoms with van der Waals surface area (Å²) < 4.78 is 17.0. The Hall–Kier alpha value is -1.37. The third-order valence-electron chi connectivity index (χ3n) is 4.06. The molecule has 0 amide bonds. The van der Waals surface area contributed by atoms with Crippen molar-refractivity contribution >= 4 is 13.2 Å². The van der Waals surface area contributed by atoms with Crippen LogP contribution in [0.3, 0.4) is 0 Å². The Morgan fingerprint density at radius 3 is 2.43 bits per heavy atom. The highest BCUT2D eigenvalue weighted by Gasteiger charge is 2.52. The summed E-state index contributed by atoms with van der Waals surface area (Å²) in [4.78, 5) is 4.09. The smallest absolute Gasteiger partial charge is 0.492 e. The van der Waals surface area contributed by atoms with Gasteiger partial charge in [-0.3, -0.25) is 4.98 Å². The van der Waals surface area contributed by atoms with Crippen LogP contribution in [0.25, 0.3) is 6.08 Å². The Labute approximate surface area is 126 Å². The molecule has 5 nitrogen and oxygen atoms in total. The van der Waals surface area contributed by atoms with Gasteiger partial charge in [-0.05, 0) is 44.8 Å². The van der Waals surface area contributed by atoms with E-state index in [1.807, 2.05) is 39.8 Å². The Morgan fingerprint density at radius 2 is 1.90 bits per heavy atom.